The lowest BCUT2D eigenvalue weighted by atomic mass is 9.97. The van der Waals surface area contributed by atoms with Crippen LogP contribution in [-0.4, -0.2) is 29.5 Å². The third-order valence-corrected chi connectivity index (χ3v) is 6.01. The molecular weight excluding hydrogens is 350 g/mol. The van der Waals surface area contributed by atoms with Gasteiger partial charge in [0.15, 0.2) is 0 Å². The van der Waals surface area contributed by atoms with E-state index in [0.717, 1.165) is 35.2 Å². The van der Waals surface area contributed by atoms with E-state index in [0.29, 0.717) is 5.69 Å². The largest absolute Gasteiger partial charge is 0.372 e. The number of aryl methyl sites for hydroxylation is 1. The smallest absolute Gasteiger partial charge is 0.241 e. The van der Waals surface area contributed by atoms with Gasteiger partial charge in [-0.25, -0.2) is 4.90 Å². The van der Waals surface area contributed by atoms with Crippen LogP contribution in [0.2, 0.25) is 0 Å². The van der Waals surface area contributed by atoms with Gasteiger partial charge in [0, 0.05) is 49.3 Å². The fourth-order valence-electron chi connectivity index (χ4n) is 4.56. The summed E-state index contributed by atoms with van der Waals surface area (Å²) < 4.78 is 1.96. The van der Waals surface area contributed by atoms with Crippen molar-refractivity contribution in [3.63, 3.8) is 0 Å². The van der Waals surface area contributed by atoms with Crippen LogP contribution in [0.5, 0.6) is 0 Å². The van der Waals surface area contributed by atoms with Crippen LogP contribution in [0.25, 0.3) is 10.9 Å². The summed E-state index contributed by atoms with van der Waals surface area (Å²) in [6.45, 7) is 2.12. The SMILES string of the molecule is Cn1cc(N2C(=O)CC(c3cccc(N4CCCC4)c3)C2=O)c2ccccc21. The van der Waals surface area contributed by atoms with E-state index < -0.39 is 5.92 Å². The highest BCUT2D eigenvalue weighted by Crippen LogP contribution is 2.38. The average Bonchev–Trinajstić information content (AvgIpc) is 3.42. The Morgan fingerprint density at radius 1 is 0.964 bits per heavy atom. The van der Waals surface area contributed by atoms with Crippen molar-refractivity contribution in [2.24, 2.45) is 7.05 Å². The van der Waals surface area contributed by atoms with E-state index in [2.05, 4.69) is 17.0 Å². The lowest BCUT2D eigenvalue weighted by Gasteiger charge is -2.19. The zero-order valence-electron chi connectivity index (χ0n) is 16.0. The average molecular weight is 373 g/mol. The molecule has 2 saturated heterocycles. The number of hydrogen-bond acceptors (Lipinski definition) is 3. The molecule has 5 nitrogen and oxygen atoms in total. The first-order valence-corrected chi connectivity index (χ1v) is 9.89. The lowest BCUT2D eigenvalue weighted by Crippen LogP contribution is -2.30. The molecule has 2 aliphatic rings. The van der Waals surface area contributed by atoms with Gasteiger partial charge < -0.3 is 9.47 Å². The number of benzene rings is 2. The molecule has 28 heavy (non-hydrogen) atoms. The molecule has 0 saturated carbocycles. The lowest BCUT2D eigenvalue weighted by molar-refractivity contribution is -0.121. The van der Waals surface area contributed by atoms with Crippen LogP contribution in [0, 0.1) is 0 Å². The summed E-state index contributed by atoms with van der Waals surface area (Å²) >= 11 is 0. The van der Waals surface area contributed by atoms with E-state index in [4.69, 9.17) is 0 Å². The number of hydrogen-bond donors (Lipinski definition) is 0. The summed E-state index contributed by atoms with van der Waals surface area (Å²) in [5.74, 6) is -0.660. The normalized spacial score (nSPS) is 20.0. The van der Waals surface area contributed by atoms with Crippen molar-refractivity contribution in [2.75, 3.05) is 22.9 Å². The summed E-state index contributed by atoms with van der Waals surface area (Å²) in [5.41, 5.74) is 3.79. The molecular formula is C23H23N3O2. The topological polar surface area (TPSA) is 45.6 Å². The van der Waals surface area contributed by atoms with Crippen LogP contribution < -0.4 is 9.80 Å². The van der Waals surface area contributed by atoms with Gasteiger partial charge in [-0.2, -0.15) is 0 Å². The maximum Gasteiger partial charge on any atom is 0.241 e. The quantitative estimate of drug-likeness (QED) is 0.656. The monoisotopic (exact) mass is 373 g/mol. The maximum absolute atomic E-state index is 13.3. The van der Waals surface area contributed by atoms with Gasteiger partial charge in [-0.05, 0) is 36.6 Å². The van der Waals surface area contributed by atoms with Gasteiger partial charge in [-0.15, -0.1) is 0 Å². The summed E-state index contributed by atoms with van der Waals surface area (Å²) in [5, 5.41) is 0.929. The van der Waals surface area contributed by atoms with Crippen molar-refractivity contribution in [1.29, 1.82) is 0 Å². The van der Waals surface area contributed by atoms with Gasteiger partial charge in [0.1, 0.15) is 0 Å². The molecule has 1 aromatic heterocycles. The summed E-state index contributed by atoms with van der Waals surface area (Å²) in [6, 6.07) is 16.0. The Morgan fingerprint density at radius 2 is 1.75 bits per heavy atom. The molecule has 0 bridgehead atoms. The second-order valence-corrected chi connectivity index (χ2v) is 7.76. The Balaban J connectivity index is 1.50. The Bertz CT molecular complexity index is 1080. The predicted molar refractivity (Wildman–Crippen MR) is 111 cm³/mol. The van der Waals surface area contributed by atoms with Gasteiger partial charge in [0.05, 0.1) is 11.6 Å². The summed E-state index contributed by atoms with van der Waals surface area (Å²) in [4.78, 5) is 29.9. The minimum atomic E-state index is -0.408. The Kier molecular flexibility index (Phi) is 3.97. The Morgan fingerprint density at radius 3 is 2.57 bits per heavy atom. The molecule has 0 aliphatic carbocycles. The van der Waals surface area contributed by atoms with Gasteiger partial charge in [0.2, 0.25) is 11.8 Å². The van der Waals surface area contributed by atoms with Gasteiger partial charge in [-0.1, -0.05) is 30.3 Å². The molecule has 5 heteroatoms. The number of nitrogens with zero attached hydrogens (tertiary/aromatic N) is 3. The summed E-state index contributed by atoms with van der Waals surface area (Å²) in [6.07, 6.45) is 4.52. The minimum absolute atomic E-state index is 0.125. The van der Waals surface area contributed by atoms with Crippen LogP contribution in [-0.2, 0) is 16.6 Å². The van der Waals surface area contributed by atoms with Crippen LogP contribution >= 0.6 is 0 Å². The van der Waals surface area contributed by atoms with E-state index in [9.17, 15) is 9.59 Å². The first kappa shape index (κ1) is 17.0. The number of imide groups is 1. The highest BCUT2D eigenvalue weighted by Gasteiger charge is 2.41. The fourth-order valence-corrected chi connectivity index (χ4v) is 4.56. The van der Waals surface area contributed by atoms with Gasteiger partial charge in [0.25, 0.3) is 0 Å². The van der Waals surface area contributed by atoms with E-state index in [1.807, 2.05) is 54.2 Å². The Labute approximate surface area is 164 Å². The second-order valence-electron chi connectivity index (χ2n) is 7.76. The highest BCUT2D eigenvalue weighted by molar-refractivity contribution is 6.25. The molecule has 1 atom stereocenters. The van der Waals surface area contributed by atoms with Crippen LogP contribution in [0.1, 0.15) is 30.7 Å². The van der Waals surface area contributed by atoms with E-state index in [-0.39, 0.29) is 18.2 Å². The van der Waals surface area contributed by atoms with Crippen molar-refractivity contribution in [1.82, 2.24) is 4.57 Å². The number of fused-ring (bicyclic) bond motifs is 1. The molecule has 5 rings (SSSR count). The fraction of sp³-hybridized carbons (Fsp3) is 0.304. The molecule has 2 aliphatic heterocycles. The van der Waals surface area contributed by atoms with E-state index in [1.165, 1.54) is 17.7 Å². The van der Waals surface area contributed by atoms with Crippen molar-refractivity contribution < 1.29 is 9.59 Å². The van der Waals surface area contributed by atoms with Gasteiger partial charge >= 0.3 is 0 Å². The zero-order chi connectivity index (χ0) is 19.3. The van der Waals surface area contributed by atoms with Crippen LogP contribution in [0.15, 0.2) is 54.7 Å². The number of para-hydroxylation sites is 1. The van der Waals surface area contributed by atoms with Crippen LogP contribution in [0.3, 0.4) is 0 Å². The second kappa shape index (κ2) is 6.51. The van der Waals surface area contributed by atoms with E-state index >= 15 is 0 Å². The number of rotatable bonds is 3. The number of amides is 2. The maximum atomic E-state index is 13.3. The molecule has 142 valence electrons. The number of carbonyl (C=O) groups is 2. The van der Waals surface area contributed by atoms with Crippen LogP contribution in [0.4, 0.5) is 11.4 Å². The van der Waals surface area contributed by atoms with Crippen molar-refractivity contribution >= 4 is 34.1 Å². The molecule has 0 spiro atoms. The number of anilines is 2. The van der Waals surface area contributed by atoms with Crippen molar-refractivity contribution in [2.45, 2.75) is 25.2 Å². The van der Waals surface area contributed by atoms with Crippen molar-refractivity contribution in [3.8, 4) is 0 Å². The number of carbonyl (C=O) groups excluding carboxylic acids is 2. The third-order valence-electron chi connectivity index (χ3n) is 6.01. The molecule has 2 fully saturated rings. The molecule has 1 unspecified atom stereocenters. The molecule has 0 radical (unpaired) electrons. The molecule has 3 aromatic rings. The first-order valence-electron chi connectivity index (χ1n) is 9.89. The molecule has 2 amide bonds. The minimum Gasteiger partial charge on any atom is -0.372 e. The first-order chi connectivity index (χ1) is 13.6. The summed E-state index contributed by atoms with van der Waals surface area (Å²) in [7, 11) is 1.94. The third kappa shape index (κ3) is 2.61. The standard InChI is InChI=1S/C23H23N3O2/c1-24-15-21(18-9-2-3-10-20(18)24)26-22(27)14-19(23(26)28)16-7-6-8-17(13-16)25-11-4-5-12-25/h2-3,6-10,13,15,19H,4-5,11-12,14H2,1H3. The number of aromatic nitrogens is 1. The van der Waals surface area contributed by atoms with Crippen molar-refractivity contribution in [3.05, 3.63) is 60.3 Å². The Hall–Kier alpha value is -3.08. The van der Waals surface area contributed by atoms with E-state index in [1.54, 1.807) is 0 Å². The molecule has 2 aromatic carbocycles. The van der Waals surface area contributed by atoms with Gasteiger partial charge in [-0.3, -0.25) is 9.59 Å². The highest BCUT2D eigenvalue weighted by atomic mass is 16.2. The molecule has 0 N–H and O–H groups in total. The zero-order valence-corrected chi connectivity index (χ0v) is 16.0. The predicted octanol–water partition coefficient (Wildman–Crippen LogP) is 3.83. The molecule has 3 heterocycles.